The van der Waals surface area contributed by atoms with Crippen molar-refractivity contribution in [1.29, 1.82) is 0 Å². The number of rotatable bonds is 6. The number of nitrogens with zero attached hydrogens (tertiary/aromatic N) is 4. The highest BCUT2D eigenvalue weighted by Gasteiger charge is 2.26. The predicted molar refractivity (Wildman–Crippen MR) is 136 cm³/mol. The second kappa shape index (κ2) is 13.9. The van der Waals surface area contributed by atoms with E-state index >= 15 is 0 Å². The van der Waals surface area contributed by atoms with E-state index in [1.807, 2.05) is 25.7 Å². The van der Waals surface area contributed by atoms with Crippen LogP contribution >= 0.6 is 11.3 Å². The smallest absolute Gasteiger partial charge is 0.209 e. The number of halogens is 2. The lowest BCUT2D eigenvalue weighted by Crippen LogP contribution is -2.52. The minimum absolute atomic E-state index is 0.0140. The van der Waals surface area contributed by atoms with E-state index < -0.39 is 11.9 Å². The number of thiazole rings is 1. The van der Waals surface area contributed by atoms with Gasteiger partial charge in [-0.1, -0.05) is 25.2 Å². The maximum Gasteiger partial charge on any atom is 0.209 e. The highest BCUT2D eigenvalue weighted by molar-refractivity contribution is 7.22. The Balaban J connectivity index is 0.000000260. The van der Waals surface area contributed by atoms with Crippen molar-refractivity contribution in [3.63, 3.8) is 0 Å². The Kier molecular flexibility index (Phi) is 11.2. The summed E-state index contributed by atoms with van der Waals surface area (Å²) in [7, 11) is 1.80. The van der Waals surface area contributed by atoms with E-state index in [2.05, 4.69) is 15.3 Å². The molecule has 1 saturated heterocycles. The van der Waals surface area contributed by atoms with E-state index in [-0.39, 0.29) is 30.7 Å². The Morgan fingerprint density at radius 3 is 2.63 bits per heavy atom. The fourth-order valence-corrected chi connectivity index (χ4v) is 4.38. The first-order valence-corrected chi connectivity index (χ1v) is 12.3. The lowest BCUT2D eigenvalue weighted by atomic mass is 10.1. The molecule has 3 aromatic rings. The van der Waals surface area contributed by atoms with Gasteiger partial charge in [-0.15, -0.1) is 0 Å². The molecule has 0 radical (unpaired) electrons. The Morgan fingerprint density at radius 1 is 1.29 bits per heavy atom. The van der Waals surface area contributed by atoms with E-state index in [9.17, 15) is 18.7 Å². The highest BCUT2D eigenvalue weighted by atomic mass is 32.1. The average Bonchev–Trinajstić information content (AvgIpc) is 3.28. The number of carbonyl (C=O) groups is 1. The molecule has 1 aliphatic rings. The Labute approximate surface area is 208 Å². The second-order valence-electron chi connectivity index (χ2n) is 7.71. The summed E-state index contributed by atoms with van der Waals surface area (Å²) in [5, 5.41) is 21.9. The van der Waals surface area contributed by atoms with E-state index in [0.29, 0.717) is 25.2 Å². The van der Waals surface area contributed by atoms with Crippen molar-refractivity contribution in [2.45, 2.75) is 39.3 Å². The second-order valence-corrected chi connectivity index (χ2v) is 8.74. The van der Waals surface area contributed by atoms with Crippen molar-refractivity contribution >= 4 is 38.9 Å². The van der Waals surface area contributed by atoms with Gasteiger partial charge in [0.1, 0.15) is 5.82 Å². The zero-order valence-corrected chi connectivity index (χ0v) is 21.2. The molecule has 1 aliphatic heterocycles. The number of benzene rings is 1. The summed E-state index contributed by atoms with van der Waals surface area (Å²) in [6.07, 6.45) is 1.56. The van der Waals surface area contributed by atoms with Crippen LogP contribution in [0.3, 0.4) is 0 Å². The van der Waals surface area contributed by atoms with Gasteiger partial charge >= 0.3 is 0 Å². The van der Waals surface area contributed by atoms with Gasteiger partial charge in [-0.05, 0) is 36.8 Å². The van der Waals surface area contributed by atoms with Gasteiger partial charge in [0.25, 0.3) is 0 Å². The summed E-state index contributed by atoms with van der Waals surface area (Å²) in [5.41, 5.74) is 1.38. The summed E-state index contributed by atoms with van der Waals surface area (Å²) in [5.74, 6) is -0.409. The highest BCUT2D eigenvalue weighted by Crippen LogP contribution is 2.26. The molecule has 11 heteroatoms. The van der Waals surface area contributed by atoms with Gasteiger partial charge in [0.05, 0.1) is 22.9 Å². The predicted octanol–water partition coefficient (Wildman–Crippen LogP) is 3.29. The van der Waals surface area contributed by atoms with E-state index in [4.69, 9.17) is 5.11 Å². The third kappa shape index (κ3) is 7.81. The molecule has 1 fully saturated rings. The van der Waals surface area contributed by atoms with Crippen LogP contribution in [0.25, 0.3) is 10.2 Å². The van der Waals surface area contributed by atoms with Gasteiger partial charge in [0.2, 0.25) is 6.41 Å². The van der Waals surface area contributed by atoms with Crippen molar-refractivity contribution < 1.29 is 23.8 Å². The summed E-state index contributed by atoms with van der Waals surface area (Å²) in [6.45, 7) is 7.16. The van der Waals surface area contributed by atoms with Crippen molar-refractivity contribution in [2.75, 3.05) is 43.5 Å². The number of nitrogens with one attached hydrogen (secondary N) is 1. The summed E-state index contributed by atoms with van der Waals surface area (Å²) >= 11 is 1.45. The molecule has 8 nitrogen and oxygen atoms in total. The topological polar surface area (TPSA) is 102 Å². The zero-order chi connectivity index (χ0) is 26.0. The summed E-state index contributed by atoms with van der Waals surface area (Å²) < 4.78 is 27.8. The van der Waals surface area contributed by atoms with Crippen LogP contribution in [0.4, 0.5) is 19.7 Å². The van der Waals surface area contributed by atoms with Crippen molar-refractivity contribution in [3.05, 3.63) is 47.7 Å². The molecule has 192 valence electrons. The molecular formula is C24H33F2N5O3S. The zero-order valence-electron chi connectivity index (χ0n) is 20.4. The molecule has 0 spiro atoms. The first-order chi connectivity index (χ1) is 16.8. The number of hydrogen-bond donors (Lipinski definition) is 3. The van der Waals surface area contributed by atoms with Crippen molar-refractivity contribution in [2.24, 2.45) is 0 Å². The standard InChI is InChI=1S/C14H20FN3O3.C8H7FN2S.C2H6/c1-10-7-17(9-20)2-3-18(10)14-13(15)5-11(6-16-14)4-12(21)8-19;1-10-8-11-6-3-2-5(9)4-7(6)12-8;1-2/h5-6,9-10,12,19,21H,2-4,7-8H2,1H3;2-4H,1H3,(H,10,11);1-2H3/t10-,12+;;/m0../s1. The lowest BCUT2D eigenvalue weighted by molar-refractivity contribution is -0.118. The number of aliphatic hydroxyl groups excluding tert-OH is 2. The molecular weight excluding hydrogens is 476 g/mol. The average molecular weight is 510 g/mol. The van der Waals surface area contributed by atoms with Crippen LogP contribution in [0.2, 0.25) is 0 Å². The largest absolute Gasteiger partial charge is 0.394 e. The Morgan fingerprint density at radius 2 is 2.03 bits per heavy atom. The quantitative estimate of drug-likeness (QED) is 0.439. The van der Waals surface area contributed by atoms with Gasteiger partial charge in [-0.3, -0.25) is 4.79 Å². The van der Waals surface area contributed by atoms with E-state index in [0.717, 1.165) is 21.8 Å². The third-order valence-electron chi connectivity index (χ3n) is 5.20. The molecule has 3 heterocycles. The van der Waals surface area contributed by atoms with Crippen LogP contribution in [0.5, 0.6) is 0 Å². The van der Waals surface area contributed by atoms with Crippen LogP contribution in [0, 0.1) is 11.6 Å². The molecule has 2 atom stereocenters. The first-order valence-electron chi connectivity index (χ1n) is 11.5. The molecule has 2 aromatic heterocycles. The van der Waals surface area contributed by atoms with Gasteiger partial charge in [-0.25, -0.2) is 18.7 Å². The number of carbonyl (C=O) groups excluding carboxylic acids is 1. The van der Waals surface area contributed by atoms with Crippen LogP contribution in [0.1, 0.15) is 26.3 Å². The molecule has 0 saturated carbocycles. The monoisotopic (exact) mass is 509 g/mol. The number of fused-ring (bicyclic) bond motifs is 1. The number of pyridine rings is 1. The minimum atomic E-state index is -0.910. The van der Waals surface area contributed by atoms with Crippen molar-refractivity contribution in [3.8, 4) is 0 Å². The molecule has 35 heavy (non-hydrogen) atoms. The maximum atomic E-state index is 14.2. The lowest BCUT2D eigenvalue weighted by Gasteiger charge is -2.39. The van der Waals surface area contributed by atoms with Gasteiger partial charge in [0.15, 0.2) is 16.8 Å². The Hall–Kier alpha value is -2.89. The molecule has 4 rings (SSSR count). The number of aliphatic hydroxyl groups is 2. The molecule has 3 N–H and O–H groups in total. The van der Waals surface area contributed by atoms with Gasteiger partial charge in [-0.2, -0.15) is 0 Å². The molecule has 0 aliphatic carbocycles. The van der Waals surface area contributed by atoms with Crippen LogP contribution in [-0.2, 0) is 11.2 Å². The molecule has 1 aromatic carbocycles. The number of anilines is 2. The molecule has 0 unspecified atom stereocenters. The summed E-state index contributed by atoms with van der Waals surface area (Å²) in [6, 6.07) is 5.91. The van der Waals surface area contributed by atoms with Gasteiger partial charge < -0.3 is 25.3 Å². The number of piperazine rings is 1. The van der Waals surface area contributed by atoms with Crippen LogP contribution in [0.15, 0.2) is 30.5 Å². The fraction of sp³-hybridized carbons (Fsp3) is 0.458. The normalized spacial score (nSPS) is 16.1. The fourth-order valence-electron chi connectivity index (χ4n) is 3.53. The number of amides is 1. The van der Waals surface area contributed by atoms with Crippen LogP contribution in [-0.4, -0.2) is 76.9 Å². The van der Waals surface area contributed by atoms with E-state index in [1.165, 1.54) is 35.7 Å². The number of aromatic nitrogens is 2. The third-order valence-corrected chi connectivity index (χ3v) is 6.24. The minimum Gasteiger partial charge on any atom is -0.394 e. The van der Waals surface area contributed by atoms with Gasteiger partial charge in [0, 0.05) is 45.3 Å². The van der Waals surface area contributed by atoms with Crippen LogP contribution < -0.4 is 10.2 Å². The summed E-state index contributed by atoms with van der Waals surface area (Å²) in [4.78, 5) is 22.6. The first kappa shape index (κ1) is 28.3. The SMILES string of the molecule is CC.CNc1nc2ccc(F)cc2s1.C[C@H]1CN(C=O)CCN1c1ncc(C[C@@H](O)CO)cc1F. The Bertz CT molecular complexity index is 1080. The molecule has 0 bridgehead atoms. The van der Waals surface area contributed by atoms with Crippen molar-refractivity contribution in [1.82, 2.24) is 14.9 Å². The number of hydrogen-bond acceptors (Lipinski definition) is 8. The maximum absolute atomic E-state index is 14.2. The van der Waals surface area contributed by atoms with E-state index in [1.54, 1.807) is 18.0 Å². The molecule has 1 amide bonds.